The number of urea groups is 1. The van der Waals surface area contributed by atoms with Gasteiger partial charge in [0.1, 0.15) is 5.75 Å². The fourth-order valence-corrected chi connectivity index (χ4v) is 3.25. The second-order valence-electron chi connectivity index (χ2n) is 5.73. The Morgan fingerprint density at radius 1 is 1.30 bits per heavy atom. The molecule has 0 aromatic heterocycles. The van der Waals surface area contributed by atoms with Crippen molar-refractivity contribution in [3.05, 3.63) is 30.3 Å². The molecule has 4 nitrogen and oxygen atoms in total. The molecule has 1 saturated heterocycles. The van der Waals surface area contributed by atoms with E-state index >= 15 is 0 Å². The van der Waals surface area contributed by atoms with Gasteiger partial charge < -0.3 is 15.0 Å². The third kappa shape index (κ3) is 3.06. The molecule has 0 radical (unpaired) electrons. The van der Waals surface area contributed by atoms with Gasteiger partial charge in [-0.05, 0) is 43.7 Å². The molecule has 1 N–H and O–H groups in total. The van der Waals surface area contributed by atoms with E-state index in [4.69, 9.17) is 4.74 Å². The Balaban J connectivity index is 1.31. The van der Waals surface area contributed by atoms with Crippen molar-refractivity contribution >= 4 is 6.03 Å². The number of carbonyl (C=O) groups excluding carboxylic acids is 1. The van der Waals surface area contributed by atoms with E-state index in [0.717, 1.165) is 24.6 Å². The minimum Gasteiger partial charge on any atom is -0.494 e. The van der Waals surface area contributed by atoms with Gasteiger partial charge in [-0.2, -0.15) is 0 Å². The van der Waals surface area contributed by atoms with E-state index in [1.165, 1.54) is 19.3 Å². The number of benzene rings is 1. The zero-order valence-electron chi connectivity index (χ0n) is 11.8. The number of rotatable bonds is 5. The normalized spacial score (nSPS) is 23.9. The van der Waals surface area contributed by atoms with Gasteiger partial charge >= 0.3 is 6.03 Å². The summed E-state index contributed by atoms with van der Waals surface area (Å²) in [4.78, 5) is 14.1. The Morgan fingerprint density at radius 2 is 2.15 bits per heavy atom. The van der Waals surface area contributed by atoms with Crippen molar-refractivity contribution in [1.82, 2.24) is 10.2 Å². The Morgan fingerprint density at radius 3 is 2.85 bits per heavy atom. The van der Waals surface area contributed by atoms with Crippen LogP contribution >= 0.6 is 0 Å². The van der Waals surface area contributed by atoms with Crippen LogP contribution in [0.25, 0.3) is 0 Å². The fraction of sp³-hybridized carbons (Fsp3) is 0.562. The van der Waals surface area contributed by atoms with Crippen LogP contribution in [0.1, 0.15) is 25.7 Å². The number of hydrogen-bond donors (Lipinski definition) is 1. The van der Waals surface area contributed by atoms with Gasteiger partial charge in [0, 0.05) is 19.1 Å². The molecule has 1 aromatic rings. The third-order valence-corrected chi connectivity index (χ3v) is 4.28. The van der Waals surface area contributed by atoms with Crippen molar-refractivity contribution in [2.24, 2.45) is 5.92 Å². The Kier molecular flexibility index (Phi) is 4.09. The first kappa shape index (κ1) is 13.3. The first-order valence-electron chi connectivity index (χ1n) is 7.55. The van der Waals surface area contributed by atoms with Crippen LogP contribution < -0.4 is 10.1 Å². The molecular formula is C16H22N2O2. The molecule has 3 rings (SSSR count). The molecule has 2 atom stereocenters. The summed E-state index contributed by atoms with van der Waals surface area (Å²) in [6.07, 6.45) is 4.54. The molecule has 2 bridgehead atoms. The van der Waals surface area contributed by atoms with Crippen molar-refractivity contribution in [3.8, 4) is 5.75 Å². The van der Waals surface area contributed by atoms with E-state index in [1.807, 2.05) is 35.2 Å². The zero-order valence-corrected chi connectivity index (χ0v) is 11.8. The number of nitrogens with zero attached hydrogens (tertiary/aromatic N) is 1. The Bertz CT molecular complexity index is 449. The quantitative estimate of drug-likeness (QED) is 0.839. The first-order chi connectivity index (χ1) is 9.83. The van der Waals surface area contributed by atoms with Gasteiger partial charge in [-0.15, -0.1) is 0 Å². The topological polar surface area (TPSA) is 41.6 Å². The second kappa shape index (κ2) is 6.16. The number of piperidine rings is 1. The van der Waals surface area contributed by atoms with E-state index in [-0.39, 0.29) is 6.03 Å². The van der Waals surface area contributed by atoms with Crippen LogP contribution in [0.5, 0.6) is 5.75 Å². The van der Waals surface area contributed by atoms with E-state index in [9.17, 15) is 4.79 Å². The smallest absolute Gasteiger partial charge is 0.317 e. The molecule has 1 aliphatic carbocycles. The molecule has 1 aliphatic heterocycles. The number of para-hydroxylation sites is 1. The van der Waals surface area contributed by atoms with Crippen LogP contribution in [0.15, 0.2) is 30.3 Å². The first-order valence-corrected chi connectivity index (χ1v) is 7.55. The molecule has 2 aliphatic rings. The standard InChI is InChI=1S/C16H22N2O2/c19-16(18-12-13-7-8-14(18)11-13)17-9-4-10-20-15-5-2-1-3-6-15/h1-3,5-6,13-14H,4,7-12H2,(H,17,19)/t13-,14-/m0/s1. The minimum atomic E-state index is 0.108. The van der Waals surface area contributed by atoms with Gasteiger partial charge in [0.05, 0.1) is 6.61 Å². The van der Waals surface area contributed by atoms with Crippen LogP contribution in [0.4, 0.5) is 4.79 Å². The molecule has 0 spiro atoms. The van der Waals surface area contributed by atoms with Gasteiger partial charge in [0.25, 0.3) is 0 Å². The number of likely N-dealkylation sites (tertiary alicyclic amines) is 1. The number of nitrogens with one attached hydrogen (secondary N) is 1. The highest BCUT2D eigenvalue weighted by Gasteiger charge is 2.39. The molecule has 2 fully saturated rings. The van der Waals surface area contributed by atoms with Crippen LogP contribution in [0.3, 0.4) is 0 Å². The van der Waals surface area contributed by atoms with Crippen molar-refractivity contribution in [2.75, 3.05) is 19.7 Å². The predicted octanol–water partition coefficient (Wildman–Crippen LogP) is 2.65. The lowest BCUT2D eigenvalue weighted by Gasteiger charge is -2.27. The molecule has 4 heteroatoms. The summed E-state index contributed by atoms with van der Waals surface area (Å²) in [6.45, 7) is 2.27. The van der Waals surface area contributed by atoms with E-state index in [2.05, 4.69) is 5.32 Å². The van der Waals surface area contributed by atoms with Gasteiger partial charge in [-0.25, -0.2) is 4.79 Å². The van der Waals surface area contributed by atoms with Crippen molar-refractivity contribution < 1.29 is 9.53 Å². The summed E-state index contributed by atoms with van der Waals surface area (Å²) in [5.41, 5.74) is 0. The molecule has 1 saturated carbocycles. The maximum absolute atomic E-state index is 12.0. The third-order valence-electron chi connectivity index (χ3n) is 4.28. The van der Waals surface area contributed by atoms with Gasteiger partial charge in [0.15, 0.2) is 0 Å². The maximum Gasteiger partial charge on any atom is 0.317 e. The molecule has 1 heterocycles. The van der Waals surface area contributed by atoms with Gasteiger partial charge in [-0.3, -0.25) is 0 Å². The average molecular weight is 274 g/mol. The SMILES string of the molecule is O=C(NCCCOc1ccccc1)N1C[C@H]2CC[C@H]1C2. The van der Waals surface area contributed by atoms with Crippen LogP contribution in [-0.2, 0) is 0 Å². The van der Waals surface area contributed by atoms with Crippen LogP contribution in [0.2, 0.25) is 0 Å². The summed E-state index contributed by atoms with van der Waals surface area (Å²) < 4.78 is 5.60. The monoisotopic (exact) mass is 274 g/mol. The van der Waals surface area contributed by atoms with E-state index in [1.54, 1.807) is 0 Å². The second-order valence-corrected chi connectivity index (χ2v) is 5.73. The molecule has 20 heavy (non-hydrogen) atoms. The summed E-state index contributed by atoms with van der Waals surface area (Å²) in [5.74, 6) is 1.64. The summed E-state index contributed by atoms with van der Waals surface area (Å²) >= 11 is 0. The van der Waals surface area contributed by atoms with Gasteiger partial charge in [0.2, 0.25) is 0 Å². The highest BCUT2D eigenvalue weighted by molar-refractivity contribution is 5.75. The lowest BCUT2D eigenvalue weighted by atomic mass is 10.1. The summed E-state index contributed by atoms with van der Waals surface area (Å²) in [6, 6.07) is 10.4. The average Bonchev–Trinajstić information content (AvgIpc) is 3.10. The van der Waals surface area contributed by atoms with Gasteiger partial charge in [-0.1, -0.05) is 18.2 Å². The predicted molar refractivity (Wildman–Crippen MR) is 77.8 cm³/mol. The van der Waals surface area contributed by atoms with E-state index < -0.39 is 0 Å². The fourth-order valence-electron chi connectivity index (χ4n) is 3.25. The number of ether oxygens (including phenoxy) is 1. The lowest BCUT2D eigenvalue weighted by molar-refractivity contribution is 0.180. The van der Waals surface area contributed by atoms with Crippen LogP contribution in [0, 0.1) is 5.92 Å². The van der Waals surface area contributed by atoms with Crippen LogP contribution in [-0.4, -0.2) is 36.7 Å². The largest absolute Gasteiger partial charge is 0.494 e. The summed E-state index contributed by atoms with van der Waals surface area (Å²) in [5, 5.41) is 3.00. The zero-order chi connectivity index (χ0) is 13.8. The number of hydrogen-bond acceptors (Lipinski definition) is 2. The molecule has 2 amide bonds. The molecule has 108 valence electrons. The maximum atomic E-state index is 12.0. The highest BCUT2D eigenvalue weighted by atomic mass is 16.5. The van der Waals surface area contributed by atoms with E-state index in [0.29, 0.717) is 19.2 Å². The Labute approximate surface area is 120 Å². The highest BCUT2D eigenvalue weighted by Crippen LogP contribution is 2.37. The number of amides is 2. The van der Waals surface area contributed by atoms with Crippen molar-refractivity contribution in [2.45, 2.75) is 31.7 Å². The number of carbonyl (C=O) groups is 1. The minimum absolute atomic E-state index is 0.108. The Hall–Kier alpha value is -1.71. The molecule has 1 aromatic carbocycles. The number of fused-ring (bicyclic) bond motifs is 2. The molecular weight excluding hydrogens is 252 g/mol. The molecule has 0 unspecified atom stereocenters. The summed E-state index contributed by atoms with van der Waals surface area (Å²) in [7, 11) is 0. The van der Waals surface area contributed by atoms with Crippen molar-refractivity contribution in [3.63, 3.8) is 0 Å². The lowest BCUT2D eigenvalue weighted by Crippen LogP contribution is -2.44. The van der Waals surface area contributed by atoms with Crippen molar-refractivity contribution in [1.29, 1.82) is 0 Å².